The standard InChI is InChI=1S/C14H14ClFN2OS/c1-14-6-9(17-13(20)18(14)7-2-3-7)11-10(19-14)5-4-8(15)12(11)16/h4-5,7,9H,2-3,6H2,1H3,(H,17,20). The molecule has 2 fully saturated rings. The molecule has 3 nitrogen and oxygen atoms in total. The second-order valence-electron chi connectivity index (χ2n) is 5.86. The van der Waals surface area contributed by atoms with E-state index in [1.165, 1.54) is 0 Å². The van der Waals surface area contributed by atoms with E-state index in [-0.39, 0.29) is 11.1 Å². The molecular weight excluding hydrogens is 299 g/mol. The zero-order valence-corrected chi connectivity index (χ0v) is 12.5. The number of fused-ring (bicyclic) bond motifs is 4. The molecule has 0 radical (unpaired) electrons. The van der Waals surface area contributed by atoms with Crippen LogP contribution in [-0.4, -0.2) is 21.8 Å². The van der Waals surface area contributed by atoms with Crippen LogP contribution in [0.1, 0.15) is 37.8 Å². The largest absolute Gasteiger partial charge is 0.468 e. The molecule has 2 unspecified atom stereocenters. The molecule has 0 aromatic heterocycles. The summed E-state index contributed by atoms with van der Waals surface area (Å²) in [6.45, 7) is 2.03. The van der Waals surface area contributed by atoms with Gasteiger partial charge in [-0.3, -0.25) is 0 Å². The summed E-state index contributed by atoms with van der Waals surface area (Å²) in [5.74, 6) is 0.151. The summed E-state index contributed by atoms with van der Waals surface area (Å²) in [6, 6.07) is 3.55. The molecule has 0 amide bonds. The van der Waals surface area contributed by atoms with E-state index in [4.69, 9.17) is 28.6 Å². The number of ether oxygens (including phenoxy) is 1. The van der Waals surface area contributed by atoms with Crippen molar-refractivity contribution in [3.05, 3.63) is 28.5 Å². The van der Waals surface area contributed by atoms with Gasteiger partial charge in [-0.1, -0.05) is 11.6 Å². The molecule has 6 heteroatoms. The van der Waals surface area contributed by atoms with Crippen LogP contribution in [0.25, 0.3) is 0 Å². The molecule has 1 N–H and O–H groups in total. The molecule has 1 saturated carbocycles. The fourth-order valence-corrected chi connectivity index (χ4v) is 3.96. The van der Waals surface area contributed by atoms with Gasteiger partial charge in [0.25, 0.3) is 0 Å². The highest BCUT2D eigenvalue weighted by molar-refractivity contribution is 7.80. The van der Waals surface area contributed by atoms with Crippen molar-refractivity contribution in [2.45, 2.75) is 44.0 Å². The Balaban J connectivity index is 1.83. The minimum absolute atomic E-state index is 0.119. The highest BCUT2D eigenvalue weighted by Crippen LogP contribution is 2.49. The van der Waals surface area contributed by atoms with Gasteiger partial charge >= 0.3 is 0 Å². The molecule has 106 valence electrons. The third-order valence-electron chi connectivity index (χ3n) is 4.29. The number of benzene rings is 1. The maximum absolute atomic E-state index is 14.3. The van der Waals surface area contributed by atoms with Gasteiger partial charge in [0.1, 0.15) is 5.75 Å². The number of halogens is 2. The lowest BCUT2D eigenvalue weighted by Crippen LogP contribution is -2.65. The van der Waals surface area contributed by atoms with Crippen LogP contribution in [0.2, 0.25) is 5.02 Å². The van der Waals surface area contributed by atoms with Crippen molar-refractivity contribution < 1.29 is 9.13 Å². The van der Waals surface area contributed by atoms with Crippen molar-refractivity contribution >= 4 is 28.9 Å². The number of hydrogen-bond donors (Lipinski definition) is 1. The van der Waals surface area contributed by atoms with Gasteiger partial charge in [-0.2, -0.15) is 0 Å². The Morgan fingerprint density at radius 1 is 1.50 bits per heavy atom. The SMILES string of the molecule is CC12CC(NC(=S)N1C1CC1)c1c(ccc(Cl)c1F)O2. The molecule has 2 atom stereocenters. The Bertz CT molecular complexity index is 621. The monoisotopic (exact) mass is 312 g/mol. The molecule has 1 saturated heterocycles. The molecule has 4 rings (SSSR count). The van der Waals surface area contributed by atoms with E-state index in [0.717, 1.165) is 12.8 Å². The number of hydrogen-bond acceptors (Lipinski definition) is 2. The molecule has 0 spiro atoms. The average molecular weight is 313 g/mol. The number of nitrogens with zero attached hydrogens (tertiary/aromatic N) is 1. The number of thiocarbonyl (C=S) groups is 1. The van der Waals surface area contributed by atoms with Gasteiger partial charge in [-0.15, -0.1) is 0 Å². The summed E-state index contributed by atoms with van der Waals surface area (Å²) in [7, 11) is 0. The zero-order valence-electron chi connectivity index (χ0n) is 11.0. The fraction of sp³-hybridized carbons (Fsp3) is 0.500. The predicted molar refractivity (Wildman–Crippen MR) is 78.4 cm³/mol. The van der Waals surface area contributed by atoms with Crippen LogP contribution in [-0.2, 0) is 0 Å². The molecule has 2 bridgehead atoms. The van der Waals surface area contributed by atoms with Crippen LogP contribution in [0, 0.1) is 5.82 Å². The van der Waals surface area contributed by atoms with Gasteiger partial charge in [0.2, 0.25) is 0 Å². The molecule has 20 heavy (non-hydrogen) atoms. The molecular formula is C14H14ClFN2OS. The van der Waals surface area contributed by atoms with Crippen molar-refractivity contribution in [3.8, 4) is 5.75 Å². The Morgan fingerprint density at radius 2 is 2.25 bits per heavy atom. The summed E-state index contributed by atoms with van der Waals surface area (Å²) < 4.78 is 20.4. The smallest absolute Gasteiger partial charge is 0.184 e. The van der Waals surface area contributed by atoms with E-state index < -0.39 is 11.5 Å². The second-order valence-corrected chi connectivity index (χ2v) is 6.65. The normalized spacial score (nSPS) is 31.4. The van der Waals surface area contributed by atoms with Gasteiger partial charge in [0.05, 0.1) is 16.6 Å². The lowest BCUT2D eigenvalue weighted by Gasteiger charge is -2.52. The maximum Gasteiger partial charge on any atom is 0.184 e. The lowest BCUT2D eigenvalue weighted by atomic mass is 9.90. The van der Waals surface area contributed by atoms with Crippen LogP contribution in [0.5, 0.6) is 5.75 Å². The van der Waals surface area contributed by atoms with Crippen LogP contribution in [0.15, 0.2) is 12.1 Å². The van der Waals surface area contributed by atoms with E-state index in [1.807, 2.05) is 6.92 Å². The number of nitrogens with one attached hydrogen (secondary N) is 1. The Labute approximate surface area is 127 Å². The molecule has 1 aromatic rings. The Morgan fingerprint density at radius 3 is 2.95 bits per heavy atom. The van der Waals surface area contributed by atoms with Crippen molar-refractivity contribution in [2.24, 2.45) is 0 Å². The van der Waals surface area contributed by atoms with Crippen molar-refractivity contribution in [3.63, 3.8) is 0 Å². The van der Waals surface area contributed by atoms with Crippen molar-refractivity contribution in [1.29, 1.82) is 0 Å². The minimum atomic E-state index is -0.499. The molecule has 1 aromatic carbocycles. The quantitative estimate of drug-likeness (QED) is 0.804. The fourth-order valence-electron chi connectivity index (χ4n) is 3.31. The summed E-state index contributed by atoms with van der Waals surface area (Å²) in [5, 5.41) is 4.02. The summed E-state index contributed by atoms with van der Waals surface area (Å²) in [6.07, 6.45) is 2.93. The maximum atomic E-state index is 14.3. The van der Waals surface area contributed by atoms with E-state index >= 15 is 0 Å². The highest BCUT2D eigenvalue weighted by Gasteiger charge is 2.52. The first-order valence-corrected chi connectivity index (χ1v) is 7.55. The zero-order chi connectivity index (χ0) is 14.1. The third-order valence-corrected chi connectivity index (χ3v) is 4.90. The summed E-state index contributed by atoms with van der Waals surface area (Å²) in [5.41, 5.74) is -0.00527. The van der Waals surface area contributed by atoms with Crippen LogP contribution in [0.4, 0.5) is 4.39 Å². The summed E-state index contributed by atoms with van der Waals surface area (Å²) in [4.78, 5) is 2.13. The van der Waals surface area contributed by atoms with Crippen LogP contribution in [0.3, 0.4) is 0 Å². The van der Waals surface area contributed by atoms with Gasteiger partial charge in [-0.25, -0.2) is 4.39 Å². The first kappa shape index (κ1) is 12.7. The molecule has 1 aliphatic carbocycles. The summed E-state index contributed by atoms with van der Waals surface area (Å²) >= 11 is 11.3. The molecule has 2 heterocycles. The van der Waals surface area contributed by atoms with Gasteiger partial charge in [-0.05, 0) is 44.1 Å². The minimum Gasteiger partial charge on any atom is -0.468 e. The van der Waals surface area contributed by atoms with Gasteiger partial charge in [0, 0.05) is 12.5 Å². The second kappa shape index (κ2) is 3.98. The topological polar surface area (TPSA) is 24.5 Å². The van der Waals surface area contributed by atoms with Crippen molar-refractivity contribution in [2.75, 3.05) is 0 Å². The Kier molecular flexibility index (Phi) is 2.52. The van der Waals surface area contributed by atoms with E-state index in [9.17, 15) is 4.39 Å². The number of rotatable bonds is 1. The lowest BCUT2D eigenvalue weighted by molar-refractivity contribution is -0.0729. The van der Waals surface area contributed by atoms with Crippen molar-refractivity contribution in [1.82, 2.24) is 10.2 Å². The predicted octanol–water partition coefficient (Wildman–Crippen LogP) is 3.37. The van der Waals surface area contributed by atoms with E-state index in [1.54, 1.807) is 12.1 Å². The first-order chi connectivity index (χ1) is 9.49. The average Bonchev–Trinajstić information content (AvgIpc) is 3.17. The van der Waals surface area contributed by atoms with Gasteiger partial charge < -0.3 is 15.0 Å². The molecule has 2 aliphatic heterocycles. The Hall–Kier alpha value is -1.07. The van der Waals surface area contributed by atoms with E-state index in [2.05, 4.69) is 10.2 Å². The first-order valence-electron chi connectivity index (χ1n) is 6.76. The van der Waals surface area contributed by atoms with Crippen LogP contribution < -0.4 is 10.1 Å². The van der Waals surface area contributed by atoms with E-state index in [0.29, 0.717) is 28.9 Å². The third kappa shape index (κ3) is 1.66. The molecule has 3 aliphatic rings. The van der Waals surface area contributed by atoms with Crippen LogP contribution >= 0.6 is 23.8 Å². The van der Waals surface area contributed by atoms with Gasteiger partial charge in [0.15, 0.2) is 16.7 Å². The highest BCUT2D eigenvalue weighted by atomic mass is 35.5.